The molecule has 0 saturated carbocycles. The molecule has 216 valence electrons. The van der Waals surface area contributed by atoms with E-state index in [-0.39, 0.29) is 30.9 Å². The van der Waals surface area contributed by atoms with Gasteiger partial charge in [0.25, 0.3) is 0 Å². The molecule has 40 heavy (non-hydrogen) atoms. The summed E-state index contributed by atoms with van der Waals surface area (Å²) in [5, 5.41) is 35.6. The number of nitrogens with two attached hydrogens (primary N) is 1. The second kappa shape index (κ2) is 15.2. The first-order valence-corrected chi connectivity index (χ1v) is 12.8. The topological polar surface area (TPSA) is 208 Å². The van der Waals surface area contributed by atoms with E-state index in [4.69, 9.17) is 10.8 Å². The number of phenolic OH excluding ortho intramolecular Hbond substituents is 1. The van der Waals surface area contributed by atoms with Gasteiger partial charge >= 0.3 is 11.9 Å². The van der Waals surface area contributed by atoms with Crippen molar-refractivity contribution in [2.75, 3.05) is 0 Å². The van der Waals surface area contributed by atoms with Crippen LogP contribution >= 0.6 is 0 Å². The minimum atomic E-state index is -1.51. The van der Waals surface area contributed by atoms with Crippen LogP contribution in [0.25, 0.3) is 0 Å². The number of benzene rings is 2. The lowest BCUT2D eigenvalue weighted by Crippen LogP contribution is -2.58. The zero-order chi connectivity index (χ0) is 29.8. The van der Waals surface area contributed by atoms with Gasteiger partial charge < -0.3 is 37.0 Å². The fourth-order valence-corrected chi connectivity index (χ4v) is 3.78. The molecular formula is C28H36N4O8. The van der Waals surface area contributed by atoms with Crippen molar-refractivity contribution in [3.8, 4) is 5.75 Å². The molecule has 0 aliphatic rings. The van der Waals surface area contributed by atoms with Crippen LogP contribution in [0.15, 0.2) is 54.6 Å². The van der Waals surface area contributed by atoms with Crippen molar-refractivity contribution in [3.05, 3.63) is 65.7 Å². The molecule has 4 atom stereocenters. The highest BCUT2D eigenvalue weighted by Gasteiger charge is 2.31. The molecule has 0 bridgehead atoms. The number of aliphatic carboxylic acids is 2. The lowest BCUT2D eigenvalue weighted by atomic mass is 10.0. The molecule has 0 heterocycles. The van der Waals surface area contributed by atoms with E-state index < -0.39 is 60.2 Å². The molecule has 12 nitrogen and oxygen atoms in total. The molecule has 2 rings (SSSR count). The maximum atomic E-state index is 13.5. The van der Waals surface area contributed by atoms with E-state index in [0.717, 1.165) is 5.56 Å². The number of carboxylic acids is 2. The summed E-state index contributed by atoms with van der Waals surface area (Å²) in [5.41, 5.74) is 7.25. The molecule has 8 N–H and O–H groups in total. The predicted octanol–water partition coefficient (Wildman–Crippen LogP) is 0.565. The first-order chi connectivity index (χ1) is 18.9. The van der Waals surface area contributed by atoms with E-state index in [9.17, 15) is 34.2 Å². The van der Waals surface area contributed by atoms with Crippen LogP contribution in [0.5, 0.6) is 5.75 Å². The summed E-state index contributed by atoms with van der Waals surface area (Å²) < 4.78 is 0. The quantitative estimate of drug-likeness (QED) is 0.163. The Balaban J connectivity index is 2.32. The molecule has 0 fully saturated rings. The molecule has 0 aliphatic heterocycles. The molecule has 2 aromatic carbocycles. The normalized spacial score (nSPS) is 13.9. The van der Waals surface area contributed by atoms with Gasteiger partial charge in [0, 0.05) is 19.3 Å². The van der Waals surface area contributed by atoms with Gasteiger partial charge in [-0.2, -0.15) is 0 Å². The Morgan fingerprint density at radius 3 is 1.68 bits per heavy atom. The third kappa shape index (κ3) is 10.4. The van der Waals surface area contributed by atoms with Crippen molar-refractivity contribution in [1.29, 1.82) is 0 Å². The predicted molar refractivity (Wildman–Crippen MR) is 145 cm³/mol. The van der Waals surface area contributed by atoms with Crippen molar-refractivity contribution in [2.24, 2.45) is 11.7 Å². The molecule has 0 aromatic heterocycles. The van der Waals surface area contributed by atoms with Crippen LogP contribution in [0.3, 0.4) is 0 Å². The lowest BCUT2D eigenvalue weighted by molar-refractivity contribution is -0.143. The molecule has 0 spiro atoms. The number of carboxylic acid groups (broad SMARTS) is 2. The third-order valence-electron chi connectivity index (χ3n) is 6.21. The highest BCUT2D eigenvalue weighted by atomic mass is 16.4. The standard InChI is InChI=1S/C28H36N4O8/c1-16(2)24(29)27(38)32-22(14-17-6-4-3-5-7-17)26(37)31-21(15-18-8-10-19(33)11-9-18)25(36)30-20(28(39)40)12-13-23(34)35/h3-11,16,20-22,24,33H,12-15,29H2,1-2H3,(H,30,36)(H,31,37)(H,32,38)(H,34,35)(H,39,40). The summed E-state index contributed by atoms with van der Waals surface area (Å²) >= 11 is 0. The zero-order valence-electron chi connectivity index (χ0n) is 22.4. The van der Waals surface area contributed by atoms with Gasteiger partial charge in [-0.15, -0.1) is 0 Å². The van der Waals surface area contributed by atoms with Gasteiger partial charge in [0.05, 0.1) is 6.04 Å². The Bertz CT molecular complexity index is 1170. The van der Waals surface area contributed by atoms with Crippen LogP contribution in [-0.4, -0.2) is 69.1 Å². The summed E-state index contributed by atoms with van der Waals surface area (Å²) in [7, 11) is 0. The summed E-state index contributed by atoms with van der Waals surface area (Å²) in [6.07, 6.45) is -0.850. The van der Waals surface area contributed by atoms with Gasteiger partial charge in [-0.25, -0.2) is 4.79 Å². The number of carbonyl (C=O) groups excluding carboxylic acids is 3. The van der Waals surface area contributed by atoms with Gasteiger partial charge in [0.2, 0.25) is 17.7 Å². The van der Waals surface area contributed by atoms with Crippen LogP contribution in [0.1, 0.15) is 37.8 Å². The van der Waals surface area contributed by atoms with Gasteiger partial charge in [0.15, 0.2) is 0 Å². The lowest BCUT2D eigenvalue weighted by Gasteiger charge is -2.26. The smallest absolute Gasteiger partial charge is 0.326 e. The molecular weight excluding hydrogens is 520 g/mol. The maximum absolute atomic E-state index is 13.5. The third-order valence-corrected chi connectivity index (χ3v) is 6.21. The minimum absolute atomic E-state index is 0.0134. The van der Waals surface area contributed by atoms with Crippen LogP contribution in [0, 0.1) is 5.92 Å². The summed E-state index contributed by atoms with van der Waals surface area (Å²) in [6.45, 7) is 3.52. The molecule has 0 radical (unpaired) electrons. The van der Waals surface area contributed by atoms with Crippen molar-refractivity contribution in [1.82, 2.24) is 16.0 Å². The largest absolute Gasteiger partial charge is 0.508 e. The molecule has 0 saturated heterocycles. The average Bonchev–Trinajstić information content (AvgIpc) is 2.90. The molecule has 12 heteroatoms. The number of hydrogen-bond donors (Lipinski definition) is 7. The average molecular weight is 557 g/mol. The number of aromatic hydroxyl groups is 1. The Morgan fingerprint density at radius 2 is 1.20 bits per heavy atom. The number of phenols is 1. The molecule has 0 aliphatic carbocycles. The second-order valence-electron chi connectivity index (χ2n) is 9.78. The summed E-state index contributed by atoms with van der Waals surface area (Å²) in [4.78, 5) is 62.0. The summed E-state index contributed by atoms with van der Waals surface area (Å²) in [5.74, 6) is -4.99. The molecule has 2 aromatic rings. The van der Waals surface area contributed by atoms with Crippen LogP contribution in [0.4, 0.5) is 0 Å². The fraction of sp³-hybridized carbons (Fsp3) is 0.393. The monoisotopic (exact) mass is 556 g/mol. The number of hydrogen-bond acceptors (Lipinski definition) is 7. The SMILES string of the molecule is CC(C)C(N)C(=O)NC(Cc1ccccc1)C(=O)NC(Cc1ccc(O)cc1)C(=O)NC(CCC(=O)O)C(=O)O. The van der Waals surface area contributed by atoms with Gasteiger partial charge in [-0.1, -0.05) is 56.3 Å². The Kier molecular flexibility index (Phi) is 12.1. The summed E-state index contributed by atoms with van der Waals surface area (Å²) in [6, 6.07) is 9.95. The fourth-order valence-electron chi connectivity index (χ4n) is 3.78. The Labute approximate surface area is 232 Å². The number of rotatable bonds is 15. The van der Waals surface area contributed by atoms with E-state index in [1.807, 2.05) is 0 Å². The molecule has 3 amide bonds. The van der Waals surface area contributed by atoms with E-state index in [1.54, 1.807) is 44.2 Å². The number of carbonyl (C=O) groups is 5. The van der Waals surface area contributed by atoms with E-state index in [2.05, 4.69) is 16.0 Å². The highest BCUT2D eigenvalue weighted by Crippen LogP contribution is 2.13. The van der Waals surface area contributed by atoms with Crippen LogP contribution in [-0.2, 0) is 36.8 Å². The zero-order valence-corrected chi connectivity index (χ0v) is 22.4. The minimum Gasteiger partial charge on any atom is -0.508 e. The Hall–Kier alpha value is -4.45. The second-order valence-corrected chi connectivity index (χ2v) is 9.78. The first-order valence-electron chi connectivity index (χ1n) is 12.8. The van der Waals surface area contributed by atoms with Gasteiger partial charge in [-0.05, 0) is 35.6 Å². The highest BCUT2D eigenvalue weighted by molar-refractivity contribution is 5.94. The number of nitrogens with one attached hydrogen (secondary N) is 3. The van der Waals surface area contributed by atoms with Crippen LogP contribution < -0.4 is 21.7 Å². The van der Waals surface area contributed by atoms with Gasteiger partial charge in [0.1, 0.15) is 23.9 Å². The van der Waals surface area contributed by atoms with Crippen molar-refractivity contribution < 1.29 is 39.3 Å². The van der Waals surface area contributed by atoms with Crippen molar-refractivity contribution in [3.63, 3.8) is 0 Å². The van der Waals surface area contributed by atoms with Crippen molar-refractivity contribution in [2.45, 2.75) is 63.7 Å². The Morgan fingerprint density at radius 1 is 0.725 bits per heavy atom. The van der Waals surface area contributed by atoms with Crippen molar-refractivity contribution >= 4 is 29.7 Å². The van der Waals surface area contributed by atoms with E-state index >= 15 is 0 Å². The van der Waals surface area contributed by atoms with Gasteiger partial charge in [-0.3, -0.25) is 19.2 Å². The van der Waals surface area contributed by atoms with Crippen LogP contribution in [0.2, 0.25) is 0 Å². The first kappa shape index (κ1) is 31.8. The molecule has 4 unspecified atom stereocenters. The van der Waals surface area contributed by atoms with E-state index in [0.29, 0.717) is 5.56 Å². The van der Waals surface area contributed by atoms with E-state index in [1.165, 1.54) is 24.3 Å². The maximum Gasteiger partial charge on any atom is 0.326 e. The number of amides is 3.